The summed E-state index contributed by atoms with van der Waals surface area (Å²) in [6.45, 7) is 4.90. The molecule has 6 nitrogen and oxygen atoms in total. The Balaban J connectivity index is 1.34. The number of rotatable bonds is 7. The first-order valence-corrected chi connectivity index (χ1v) is 10.6. The van der Waals surface area contributed by atoms with Crippen molar-refractivity contribution >= 4 is 17.2 Å². The van der Waals surface area contributed by atoms with Gasteiger partial charge < -0.3 is 10.1 Å². The smallest absolute Gasteiger partial charge is 0.226 e. The Kier molecular flexibility index (Phi) is 6.61. The SMILES string of the molecule is O=C(Cc1csc(-c2cccc(CN3CCOCC3)c2)n1)NCc1ccccn1. The van der Waals surface area contributed by atoms with Crippen molar-refractivity contribution in [3.05, 3.63) is 71.0 Å². The summed E-state index contributed by atoms with van der Waals surface area (Å²) in [5, 5.41) is 5.81. The summed E-state index contributed by atoms with van der Waals surface area (Å²) < 4.78 is 5.42. The van der Waals surface area contributed by atoms with Gasteiger partial charge >= 0.3 is 0 Å². The highest BCUT2D eigenvalue weighted by Gasteiger charge is 2.13. The minimum Gasteiger partial charge on any atom is -0.379 e. The summed E-state index contributed by atoms with van der Waals surface area (Å²) in [5.74, 6) is -0.0476. The monoisotopic (exact) mass is 408 g/mol. The maximum atomic E-state index is 12.2. The highest BCUT2D eigenvalue weighted by atomic mass is 32.1. The zero-order valence-electron chi connectivity index (χ0n) is 16.2. The minimum atomic E-state index is -0.0476. The Bertz CT molecular complexity index is 939. The van der Waals surface area contributed by atoms with Crippen LogP contribution in [-0.2, 0) is 29.0 Å². The van der Waals surface area contributed by atoms with Gasteiger partial charge in [-0.25, -0.2) is 4.98 Å². The largest absolute Gasteiger partial charge is 0.379 e. The Morgan fingerprint density at radius 2 is 2.03 bits per heavy atom. The molecule has 1 amide bonds. The van der Waals surface area contributed by atoms with Crippen LogP contribution in [0.1, 0.15) is 17.0 Å². The van der Waals surface area contributed by atoms with E-state index in [2.05, 4.69) is 44.5 Å². The molecule has 3 aromatic rings. The Labute approximate surface area is 174 Å². The molecular weight excluding hydrogens is 384 g/mol. The van der Waals surface area contributed by atoms with Gasteiger partial charge in [0.2, 0.25) is 5.91 Å². The van der Waals surface area contributed by atoms with Gasteiger partial charge in [0.1, 0.15) is 5.01 Å². The fourth-order valence-electron chi connectivity index (χ4n) is 3.26. The van der Waals surface area contributed by atoms with Crippen molar-refractivity contribution in [3.63, 3.8) is 0 Å². The maximum absolute atomic E-state index is 12.2. The van der Waals surface area contributed by atoms with Gasteiger partial charge in [-0.2, -0.15) is 0 Å². The summed E-state index contributed by atoms with van der Waals surface area (Å²) in [6, 6.07) is 14.2. The molecule has 0 atom stereocenters. The molecule has 1 aliphatic rings. The topological polar surface area (TPSA) is 67.4 Å². The second-order valence-corrected chi connectivity index (χ2v) is 7.87. The lowest BCUT2D eigenvalue weighted by atomic mass is 10.1. The molecule has 150 valence electrons. The number of hydrogen-bond acceptors (Lipinski definition) is 6. The molecule has 7 heteroatoms. The number of amides is 1. The van der Waals surface area contributed by atoms with Crippen LogP contribution in [-0.4, -0.2) is 47.1 Å². The zero-order valence-corrected chi connectivity index (χ0v) is 17.0. The number of carbonyl (C=O) groups is 1. The average molecular weight is 409 g/mol. The van der Waals surface area contributed by atoms with E-state index in [4.69, 9.17) is 4.74 Å². The number of pyridine rings is 1. The lowest BCUT2D eigenvalue weighted by Crippen LogP contribution is -2.35. The van der Waals surface area contributed by atoms with E-state index in [1.807, 2.05) is 23.6 Å². The molecular formula is C22H24N4O2S. The van der Waals surface area contributed by atoms with Crippen molar-refractivity contribution in [1.82, 2.24) is 20.2 Å². The summed E-state index contributed by atoms with van der Waals surface area (Å²) in [6.07, 6.45) is 2.00. The van der Waals surface area contributed by atoms with Crippen LogP contribution in [0.3, 0.4) is 0 Å². The van der Waals surface area contributed by atoms with Crippen LogP contribution in [0.25, 0.3) is 10.6 Å². The minimum absolute atomic E-state index is 0.0476. The lowest BCUT2D eigenvalue weighted by molar-refractivity contribution is -0.120. The van der Waals surface area contributed by atoms with E-state index in [9.17, 15) is 4.79 Å². The first-order chi connectivity index (χ1) is 14.3. The predicted molar refractivity (Wildman–Crippen MR) is 113 cm³/mol. The molecule has 0 unspecified atom stereocenters. The third kappa shape index (κ3) is 5.69. The van der Waals surface area contributed by atoms with Crippen molar-refractivity contribution in [3.8, 4) is 10.6 Å². The number of carbonyl (C=O) groups excluding carboxylic acids is 1. The van der Waals surface area contributed by atoms with Gasteiger partial charge in [0.15, 0.2) is 0 Å². The molecule has 0 radical (unpaired) electrons. The first kappa shape index (κ1) is 19.7. The van der Waals surface area contributed by atoms with Crippen molar-refractivity contribution < 1.29 is 9.53 Å². The van der Waals surface area contributed by atoms with Crippen LogP contribution in [0, 0.1) is 0 Å². The summed E-state index contributed by atoms with van der Waals surface area (Å²) >= 11 is 1.58. The Morgan fingerprint density at radius 3 is 2.86 bits per heavy atom. The van der Waals surface area contributed by atoms with E-state index < -0.39 is 0 Å². The fraction of sp³-hybridized carbons (Fsp3) is 0.318. The van der Waals surface area contributed by atoms with Crippen LogP contribution in [0.2, 0.25) is 0 Å². The molecule has 1 fully saturated rings. The maximum Gasteiger partial charge on any atom is 0.226 e. The van der Waals surface area contributed by atoms with Crippen molar-refractivity contribution in [1.29, 1.82) is 0 Å². The lowest BCUT2D eigenvalue weighted by Gasteiger charge is -2.26. The van der Waals surface area contributed by atoms with E-state index in [1.54, 1.807) is 17.5 Å². The van der Waals surface area contributed by atoms with E-state index in [1.165, 1.54) is 5.56 Å². The van der Waals surface area contributed by atoms with Crippen LogP contribution in [0.4, 0.5) is 0 Å². The summed E-state index contributed by atoms with van der Waals surface area (Å²) in [4.78, 5) is 23.5. The van der Waals surface area contributed by atoms with E-state index in [0.29, 0.717) is 6.54 Å². The number of hydrogen-bond donors (Lipinski definition) is 1. The average Bonchev–Trinajstić information content (AvgIpc) is 3.22. The van der Waals surface area contributed by atoms with Crippen LogP contribution >= 0.6 is 11.3 Å². The highest BCUT2D eigenvalue weighted by molar-refractivity contribution is 7.13. The molecule has 1 saturated heterocycles. The molecule has 0 spiro atoms. The van der Waals surface area contributed by atoms with Crippen molar-refractivity contribution in [2.75, 3.05) is 26.3 Å². The first-order valence-electron chi connectivity index (χ1n) is 9.77. The normalized spacial score (nSPS) is 14.6. The molecule has 4 rings (SSSR count). The molecule has 2 aromatic heterocycles. The van der Waals surface area contributed by atoms with Gasteiger partial charge in [-0.15, -0.1) is 11.3 Å². The molecule has 1 aromatic carbocycles. The molecule has 0 bridgehead atoms. The third-order valence-electron chi connectivity index (χ3n) is 4.77. The van der Waals surface area contributed by atoms with Crippen molar-refractivity contribution in [2.24, 2.45) is 0 Å². The fourth-order valence-corrected chi connectivity index (χ4v) is 4.08. The van der Waals surface area contributed by atoms with Gasteiger partial charge in [0.25, 0.3) is 0 Å². The molecule has 3 heterocycles. The van der Waals surface area contributed by atoms with Gasteiger partial charge in [0.05, 0.1) is 37.6 Å². The third-order valence-corrected chi connectivity index (χ3v) is 5.71. The zero-order chi connectivity index (χ0) is 19.9. The number of aromatic nitrogens is 2. The highest BCUT2D eigenvalue weighted by Crippen LogP contribution is 2.25. The second kappa shape index (κ2) is 9.73. The van der Waals surface area contributed by atoms with Gasteiger partial charge in [-0.05, 0) is 23.8 Å². The van der Waals surface area contributed by atoms with Gasteiger partial charge in [0, 0.05) is 36.8 Å². The number of morpholine rings is 1. The van der Waals surface area contributed by atoms with Crippen LogP contribution < -0.4 is 5.32 Å². The van der Waals surface area contributed by atoms with E-state index >= 15 is 0 Å². The summed E-state index contributed by atoms with van der Waals surface area (Å²) in [5.41, 5.74) is 4.01. The van der Waals surface area contributed by atoms with Crippen LogP contribution in [0.15, 0.2) is 54.0 Å². The number of nitrogens with one attached hydrogen (secondary N) is 1. The second-order valence-electron chi connectivity index (χ2n) is 7.01. The number of ether oxygens (including phenoxy) is 1. The van der Waals surface area contributed by atoms with Gasteiger partial charge in [-0.1, -0.05) is 24.3 Å². The summed E-state index contributed by atoms with van der Waals surface area (Å²) in [7, 11) is 0. The predicted octanol–water partition coefficient (Wildman–Crippen LogP) is 2.90. The van der Waals surface area contributed by atoms with E-state index in [-0.39, 0.29) is 12.3 Å². The Hall–Kier alpha value is -2.61. The Morgan fingerprint density at radius 1 is 1.14 bits per heavy atom. The number of thiazole rings is 1. The number of nitrogens with zero attached hydrogens (tertiary/aromatic N) is 3. The molecule has 0 aliphatic carbocycles. The molecule has 1 aliphatic heterocycles. The van der Waals surface area contributed by atoms with Crippen molar-refractivity contribution in [2.45, 2.75) is 19.5 Å². The number of benzene rings is 1. The molecule has 0 saturated carbocycles. The standard InChI is InChI=1S/C22H24N4O2S/c27-21(24-14-19-6-1-2-7-23-19)13-20-16-29-22(25-20)18-5-3-4-17(12-18)15-26-8-10-28-11-9-26/h1-7,12,16H,8-11,13-15H2,(H,24,27). The molecule has 1 N–H and O–H groups in total. The quantitative estimate of drug-likeness (QED) is 0.651. The molecule has 29 heavy (non-hydrogen) atoms. The van der Waals surface area contributed by atoms with Gasteiger partial charge in [-0.3, -0.25) is 14.7 Å². The van der Waals surface area contributed by atoms with E-state index in [0.717, 1.165) is 54.8 Å². The van der Waals surface area contributed by atoms with Crippen LogP contribution in [0.5, 0.6) is 0 Å².